The first-order chi connectivity index (χ1) is 31.9. The van der Waals surface area contributed by atoms with Crippen molar-refractivity contribution in [3.63, 3.8) is 0 Å². The second-order valence-corrected chi connectivity index (χ2v) is 21.0. The molecule has 0 aliphatic carbocycles. The van der Waals surface area contributed by atoms with E-state index in [2.05, 4.69) is 4.98 Å². The second-order valence-electron chi connectivity index (χ2n) is 16.0. The molecule has 0 unspecified atom stereocenters. The first-order valence-corrected chi connectivity index (χ1v) is 21.5. The van der Waals surface area contributed by atoms with Crippen LogP contribution < -0.4 is 0 Å². The van der Waals surface area contributed by atoms with Crippen molar-refractivity contribution in [3.8, 4) is 0 Å². The molecule has 0 spiro atoms. The highest BCUT2D eigenvalue weighted by atomic mass is 28.3. The third-order valence-corrected chi connectivity index (χ3v) is 16.4. The van der Waals surface area contributed by atoms with Crippen LogP contribution in [0.5, 0.6) is 0 Å². The molecule has 0 aliphatic rings. The standard InChI is InChI=1S/C33H24F39NSi/c34-16(35,19(40,41)22(46,47)25(52,53)28(58,59)31(64,65)66)7-12-74(11-4-2-6-15-5-1-3-10-73-15,13-8-17(36,37)20(42,43)23(48,49)26(54,55)29(60,61)32(67,68)69)14-9-18(38,39)21(44,45)24(50,51)27(56,57)30(62,63)33(70,71)72/h1,3,5,10H,2,4,6-9,11-14H2. The highest BCUT2D eigenvalue weighted by Gasteiger charge is 2.93. The van der Waals surface area contributed by atoms with E-state index in [1.807, 2.05) is 0 Å². The fourth-order valence-electron chi connectivity index (χ4n) is 6.25. The zero-order valence-electron chi connectivity index (χ0n) is 34.6. The highest BCUT2D eigenvalue weighted by molar-refractivity contribution is 6.79. The molecule has 1 nitrogen and oxygen atoms in total. The van der Waals surface area contributed by atoms with Crippen LogP contribution in [0.25, 0.3) is 0 Å². The van der Waals surface area contributed by atoms with Crippen LogP contribution in [0.1, 0.15) is 37.8 Å². The molecule has 1 aromatic heterocycles. The predicted octanol–water partition coefficient (Wildman–Crippen LogP) is 17.2. The minimum absolute atomic E-state index is 0.292. The molecule has 0 saturated carbocycles. The Morgan fingerprint density at radius 2 is 0.527 bits per heavy atom. The lowest BCUT2D eigenvalue weighted by molar-refractivity contribution is -0.440. The number of hydrogen-bond donors (Lipinski definition) is 0. The van der Waals surface area contributed by atoms with Crippen LogP contribution in [0.4, 0.5) is 171 Å². The number of hydrogen-bond acceptors (Lipinski definition) is 1. The number of pyridine rings is 1. The van der Waals surface area contributed by atoms with Crippen molar-refractivity contribution < 1.29 is 171 Å². The Bertz CT molecular complexity index is 1820. The van der Waals surface area contributed by atoms with Gasteiger partial charge in [0.15, 0.2) is 0 Å². The molecule has 0 saturated heterocycles. The maximum Gasteiger partial charge on any atom is 0.460 e. The fourth-order valence-corrected chi connectivity index (χ4v) is 11.3. The summed E-state index contributed by atoms with van der Waals surface area (Å²) in [6.45, 7) is 0. The van der Waals surface area contributed by atoms with Gasteiger partial charge in [0.1, 0.15) is 0 Å². The maximum atomic E-state index is 15.1. The summed E-state index contributed by atoms with van der Waals surface area (Å²) in [5, 5.41) is 0. The minimum atomic E-state index is -8.86. The van der Waals surface area contributed by atoms with Gasteiger partial charge in [-0.05, 0) is 25.0 Å². The van der Waals surface area contributed by atoms with E-state index in [9.17, 15) is 145 Å². The van der Waals surface area contributed by atoms with Gasteiger partial charge in [0.05, 0.1) is 8.07 Å². The molecule has 0 bridgehead atoms. The summed E-state index contributed by atoms with van der Waals surface area (Å²) in [5.41, 5.74) is -0.292. The van der Waals surface area contributed by atoms with Crippen LogP contribution in [0.3, 0.4) is 0 Å². The third-order valence-electron chi connectivity index (χ3n) is 11.0. The van der Waals surface area contributed by atoms with Crippen molar-refractivity contribution >= 4 is 8.07 Å². The summed E-state index contributed by atoms with van der Waals surface area (Å²) in [7, 11) is -6.76. The van der Waals surface area contributed by atoms with Crippen molar-refractivity contribution in [2.45, 2.75) is 170 Å². The number of nitrogens with zero attached hydrogens (tertiary/aromatic N) is 1. The van der Waals surface area contributed by atoms with Crippen molar-refractivity contribution in [2.24, 2.45) is 0 Å². The second kappa shape index (κ2) is 19.8. The lowest BCUT2D eigenvalue weighted by Gasteiger charge is -2.43. The SMILES string of the molecule is FC(F)(F)C(F)(F)C(F)(F)C(F)(F)C(F)(F)C(F)(F)CC[Si](CCCCc1ccccn1)(CCC(F)(F)C(F)(F)C(F)(F)C(F)(F)C(F)(F)C(F)(F)F)CCC(F)(F)C(F)(F)C(F)(F)C(F)(F)C(F)(F)C(F)(F)F. The van der Waals surface area contributed by atoms with Gasteiger partial charge in [-0.3, -0.25) is 4.98 Å². The van der Waals surface area contributed by atoms with Crippen LogP contribution in [0, 0.1) is 0 Å². The van der Waals surface area contributed by atoms with Gasteiger partial charge in [-0.2, -0.15) is 171 Å². The van der Waals surface area contributed by atoms with E-state index in [-0.39, 0.29) is 5.69 Å². The minimum Gasteiger partial charge on any atom is -0.261 e. The Kier molecular flexibility index (Phi) is 18.4. The molecule has 0 fully saturated rings. The Hall–Kier alpha value is -3.36. The van der Waals surface area contributed by atoms with Crippen LogP contribution in [0.15, 0.2) is 24.4 Å². The Balaban J connectivity index is 4.37. The van der Waals surface area contributed by atoms with E-state index in [4.69, 9.17) is 0 Å². The summed E-state index contributed by atoms with van der Waals surface area (Å²) in [6, 6.07) is -8.62. The van der Waals surface area contributed by atoms with Gasteiger partial charge < -0.3 is 0 Å². The van der Waals surface area contributed by atoms with Crippen LogP contribution in [-0.2, 0) is 6.42 Å². The molecule has 1 heterocycles. The zero-order valence-corrected chi connectivity index (χ0v) is 35.6. The summed E-state index contributed by atoms with van der Waals surface area (Å²) in [5.74, 6) is -127. The summed E-state index contributed by atoms with van der Waals surface area (Å²) < 4.78 is 541. The molecule has 0 N–H and O–H groups in total. The van der Waals surface area contributed by atoms with Gasteiger partial charge in [0, 0.05) is 31.2 Å². The number of aromatic nitrogens is 1. The average Bonchev–Trinajstić information content (AvgIpc) is 3.21. The summed E-state index contributed by atoms with van der Waals surface area (Å²) in [6.07, 6.45) is -38.7. The number of halogens is 39. The molecule has 0 atom stereocenters. The molecule has 0 aromatic carbocycles. The highest BCUT2D eigenvalue weighted by Crippen LogP contribution is 2.65. The Morgan fingerprint density at radius 3 is 0.743 bits per heavy atom. The quantitative estimate of drug-likeness (QED) is 0.0512. The Labute approximate surface area is 385 Å². The van der Waals surface area contributed by atoms with Gasteiger partial charge in [-0.15, -0.1) is 0 Å². The molecular formula is C33H24F39NSi. The van der Waals surface area contributed by atoms with Crippen LogP contribution in [-0.4, -0.2) is 120 Å². The third kappa shape index (κ3) is 11.0. The van der Waals surface area contributed by atoms with Crippen molar-refractivity contribution in [3.05, 3.63) is 30.1 Å². The number of aryl methyl sites for hydroxylation is 1. The molecule has 0 aliphatic heterocycles. The van der Waals surface area contributed by atoms with Crippen molar-refractivity contribution in [2.75, 3.05) is 0 Å². The average molecular weight is 1200 g/mol. The van der Waals surface area contributed by atoms with Crippen LogP contribution in [0.2, 0.25) is 24.2 Å². The first-order valence-electron chi connectivity index (χ1n) is 18.7. The molecule has 0 amide bonds. The lowest BCUT2D eigenvalue weighted by Crippen LogP contribution is -2.70. The Morgan fingerprint density at radius 1 is 0.284 bits per heavy atom. The van der Waals surface area contributed by atoms with E-state index in [1.165, 1.54) is 0 Å². The van der Waals surface area contributed by atoms with Crippen molar-refractivity contribution in [1.29, 1.82) is 0 Å². The van der Waals surface area contributed by atoms with E-state index in [0.29, 0.717) is 0 Å². The normalized spacial score (nSPS) is 16.3. The smallest absolute Gasteiger partial charge is 0.261 e. The molecule has 41 heteroatoms. The van der Waals surface area contributed by atoms with E-state index in [1.54, 1.807) is 0 Å². The fraction of sp³-hybridized carbons (Fsp3) is 0.848. The molecule has 1 aromatic rings. The van der Waals surface area contributed by atoms with E-state index < -0.39 is 178 Å². The topological polar surface area (TPSA) is 12.9 Å². The van der Waals surface area contributed by atoms with E-state index >= 15 is 26.3 Å². The molecule has 1 rings (SSSR count). The van der Waals surface area contributed by atoms with Crippen molar-refractivity contribution in [1.82, 2.24) is 4.98 Å². The lowest BCUT2D eigenvalue weighted by atomic mass is 9.93. The first kappa shape index (κ1) is 68.7. The zero-order chi connectivity index (χ0) is 59.7. The molecule has 0 radical (unpaired) electrons. The molecule has 74 heavy (non-hydrogen) atoms. The van der Waals surface area contributed by atoms with Crippen LogP contribution >= 0.6 is 0 Å². The van der Waals surface area contributed by atoms with Gasteiger partial charge >= 0.3 is 107 Å². The van der Waals surface area contributed by atoms with Gasteiger partial charge in [-0.25, -0.2) is 0 Å². The number of rotatable bonds is 26. The predicted molar refractivity (Wildman–Crippen MR) is 168 cm³/mol. The molecular weight excluding hydrogens is 1180 g/mol. The van der Waals surface area contributed by atoms with Gasteiger partial charge in [0.2, 0.25) is 0 Å². The molecule has 438 valence electrons. The number of alkyl halides is 39. The monoisotopic (exact) mass is 1200 g/mol. The number of unbranched alkanes of at least 4 members (excludes halogenated alkanes) is 1. The van der Waals surface area contributed by atoms with E-state index in [0.717, 1.165) is 24.4 Å². The summed E-state index contributed by atoms with van der Waals surface area (Å²) in [4.78, 5) is 3.52. The largest absolute Gasteiger partial charge is 0.460 e. The van der Waals surface area contributed by atoms with Gasteiger partial charge in [-0.1, -0.05) is 36.7 Å². The summed E-state index contributed by atoms with van der Waals surface area (Å²) >= 11 is 0. The van der Waals surface area contributed by atoms with Gasteiger partial charge in [0.25, 0.3) is 0 Å². The maximum absolute atomic E-state index is 15.1.